The third-order valence-corrected chi connectivity index (χ3v) is 5.92. The number of amides is 1. The highest BCUT2D eigenvalue weighted by molar-refractivity contribution is 5.85. The number of carbonyl (C=O) groups excluding carboxylic acids is 1. The second kappa shape index (κ2) is 9.52. The van der Waals surface area contributed by atoms with Gasteiger partial charge in [0.15, 0.2) is 0 Å². The van der Waals surface area contributed by atoms with Gasteiger partial charge in [0, 0.05) is 38.5 Å². The van der Waals surface area contributed by atoms with E-state index in [1.165, 1.54) is 11.1 Å². The van der Waals surface area contributed by atoms with Gasteiger partial charge in [-0.25, -0.2) is 0 Å². The maximum absolute atomic E-state index is 12.6. The Balaban J connectivity index is 0.00000225. The molecule has 6 nitrogen and oxygen atoms in total. The minimum atomic E-state index is 0. The van der Waals surface area contributed by atoms with E-state index >= 15 is 0 Å². The predicted octanol–water partition coefficient (Wildman–Crippen LogP) is 2.70. The predicted molar refractivity (Wildman–Crippen MR) is 112 cm³/mol. The van der Waals surface area contributed by atoms with Crippen molar-refractivity contribution in [1.82, 2.24) is 25.0 Å². The molecule has 0 radical (unpaired) electrons. The molecule has 0 unspecified atom stereocenters. The van der Waals surface area contributed by atoms with Crippen molar-refractivity contribution in [3.05, 3.63) is 47.0 Å². The molecule has 1 saturated heterocycles. The summed E-state index contributed by atoms with van der Waals surface area (Å²) in [6, 6.07) is 8.64. The molecule has 1 amide bonds. The van der Waals surface area contributed by atoms with Gasteiger partial charge in [-0.2, -0.15) is 0 Å². The molecular formula is C21H30ClN5O. The lowest BCUT2D eigenvalue weighted by Crippen LogP contribution is -2.39. The number of piperidine rings is 1. The Bertz CT molecular complexity index is 781. The molecule has 2 aliphatic rings. The van der Waals surface area contributed by atoms with Crippen molar-refractivity contribution in [2.75, 3.05) is 19.6 Å². The summed E-state index contributed by atoms with van der Waals surface area (Å²) in [6.07, 6.45) is 4.46. The van der Waals surface area contributed by atoms with Gasteiger partial charge in [0.05, 0.1) is 6.54 Å². The number of hydrogen-bond donors (Lipinski definition) is 1. The van der Waals surface area contributed by atoms with Crippen LogP contribution in [0.25, 0.3) is 0 Å². The summed E-state index contributed by atoms with van der Waals surface area (Å²) in [6.45, 7) is 6.57. The van der Waals surface area contributed by atoms with Crippen LogP contribution in [-0.2, 0) is 30.7 Å². The van der Waals surface area contributed by atoms with Crippen LogP contribution in [0.4, 0.5) is 0 Å². The Morgan fingerprint density at radius 2 is 1.82 bits per heavy atom. The number of likely N-dealkylation sites (tertiary alicyclic amines) is 1. The first-order valence-electron chi connectivity index (χ1n) is 10.2. The molecule has 2 aromatic rings. The molecule has 2 aliphatic heterocycles. The molecule has 0 atom stereocenters. The molecule has 7 heteroatoms. The summed E-state index contributed by atoms with van der Waals surface area (Å²) in [5.74, 6) is 2.87. The zero-order chi connectivity index (χ0) is 18.6. The number of hydrogen-bond acceptors (Lipinski definition) is 4. The van der Waals surface area contributed by atoms with Crippen LogP contribution in [0.2, 0.25) is 0 Å². The molecule has 3 heterocycles. The number of nitrogens with one attached hydrogen (secondary N) is 1. The lowest BCUT2D eigenvalue weighted by atomic mass is 9.95. The Kier molecular flexibility index (Phi) is 7.08. The molecular weight excluding hydrogens is 374 g/mol. The van der Waals surface area contributed by atoms with Gasteiger partial charge in [-0.1, -0.05) is 31.2 Å². The molecule has 0 bridgehead atoms. The molecule has 4 rings (SSSR count). The lowest BCUT2D eigenvalue weighted by molar-refractivity contribution is -0.132. The van der Waals surface area contributed by atoms with E-state index in [-0.39, 0.29) is 18.3 Å². The van der Waals surface area contributed by atoms with E-state index in [9.17, 15) is 4.79 Å². The van der Waals surface area contributed by atoms with Crippen LogP contribution in [0.15, 0.2) is 24.3 Å². The van der Waals surface area contributed by atoms with Crippen LogP contribution in [0.1, 0.15) is 54.9 Å². The number of fused-ring (bicyclic) bond motifs is 1. The number of benzene rings is 1. The third kappa shape index (κ3) is 4.55. The van der Waals surface area contributed by atoms with Gasteiger partial charge in [0.1, 0.15) is 11.6 Å². The molecule has 1 fully saturated rings. The summed E-state index contributed by atoms with van der Waals surface area (Å²) in [7, 11) is 0. The Labute approximate surface area is 173 Å². The second-order valence-corrected chi connectivity index (χ2v) is 7.63. The number of aryl methyl sites for hydroxylation is 2. The highest BCUT2D eigenvalue weighted by Gasteiger charge is 2.28. The first-order valence-corrected chi connectivity index (χ1v) is 10.2. The molecule has 28 heavy (non-hydrogen) atoms. The van der Waals surface area contributed by atoms with E-state index in [2.05, 4.69) is 51.3 Å². The van der Waals surface area contributed by atoms with Crippen molar-refractivity contribution in [1.29, 1.82) is 0 Å². The Morgan fingerprint density at radius 3 is 2.54 bits per heavy atom. The van der Waals surface area contributed by atoms with E-state index in [0.29, 0.717) is 12.3 Å². The molecule has 1 aromatic carbocycles. The van der Waals surface area contributed by atoms with Crippen LogP contribution in [-0.4, -0.2) is 45.2 Å². The van der Waals surface area contributed by atoms with Gasteiger partial charge in [0.25, 0.3) is 0 Å². The number of halogens is 1. The van der Waals surface area contributed by atoms with Crippen molar-refractivity contribution < 1.29 is 4.79 Å². The minimum absolute atomic E-state index is 0. The largest absolute Gasteiger partial charge is 0.343 e. The van der Waals surface area contributed by atoms with E-state index in [1.807, 2.05) is 4.90 Å². The SMILES string of the molecule is CCc1ccc(CCC(=O)N2CCC(c3nnc4n3CCNC4)CC2)cc1.Cl. The lowest BCUT2D eigenvalue weighted by Gasteiger charge is -2.32. The second-order valence-electron chi connectivity index (χ2n) is 7.63. The van der Waals surface area contributed by atoms with Crippen LogP contribution in [0.3, 0.4) is 0 Å². The average Bonchev–Trinajstić information content (AvgIpc) is 3.16. The van der Waals surface area contributed by atoms with Crippen LogP contribution >= 0.6 is 12.4 Å². The van der Waals surface area contributed by atoms with Crippen LogP contribution in [0.5, 0.6) is 0 Å². The summed E-state index contributed by atoms with van der Waals surface area (Å²) < 4.78 is 2.28. The number of aromatic nitrogens is 3. The number of rotatable bonds is 5. The van der Waals surface area contributed by atoms with E-state index in [1.54, 1.807) is 0 Å². The Morgan fingerprint density at radius 1 is 1.11 bits per heavy atom. The molecule has 0 saturated carbocycles. The van der Waals surface area contributed by atoms with E-state index < -0.39 is 0 Å². The number of nitrogens with zero attached hydrogens (tertiary/aromatic N) is 4. The van der Waals surface area contributed by atoms with Gasteiger partial charge in [-0.15, -0.1) is 22.6 Å². The fraction of sp³-hybridized carbons (Fsp3) is 0.571. The highest BCUT2D eigenvalue weighted by atomic mass is 35.5. The van der Waals surface area contributed by atoms with Crippen molar-refractivity contribution in [2.24, 2.45) is 0 Å². The zero-order valence-corrected chi connectivity index (χ0v) is 17.4. The monoisotopic (exact) mass is 403 g/mol. The number of carbonyl (C=O) groups is 1. The van der Waals surface area contributed by atoms with Crippen molar-refractivity contribution in [2.45, 2.75) is 58.0 Å². The van der Waals surface area contributed by atoms with Crippen LogP contribution < -0.4 is 5.32 Å². The van der Waals surface area contributed by atoms with Gasteiger partial charge in [0.2, 0.25) is 5.91 Å². The quantitative estimate of drug-likeness (QED) is 0.833. The first-order chi connectivity index (χ1) is 13.2. The topological polar surface area (TPSA) is 63.1 Å². The van der Waals surface area contributed by atoms with E-state index in [0.717, 1.165) is 70.1 Å². The van der Waals surface area contributed by atoms with Gasteiger partial charge in [-0.3, -0.25) is 4.79 Å². The van der Waals surface area contributed by atoms with Crippen molar-refractivity contribution in [3.63, 3.8) is 0 Å². The minimum Gasteiger partial charge on any atom is -0.343 e. The standard InChI is InChI=1S/C21H29N5O.ClH/c1-2-16-3-5-17(6-4-16)7-8-20(27)25-12-9-18(10-13-25)21-24-23-19-15-22-11-14-26(19)21;/h3-6,18,22H,2,7-15H2,1H3;1H. The molecule has 0 aliphatic carbocycles. The van der Waals surface area contributed by atoms with Gasteiger partial charge >= 0.3 is 0 Å². The fourth-order valence-corrected chi connectivity index (χ4v) is 4.15. The third-order valence-electron chi connectivity index (χ3n) is 5.92. The summed E-state index contributed by atoms with van der Waals surface area (Å²) in [5, 5.41) is 12.1. The summed E-state index contributed by atoms with van der Waals surface area (Å²) in [5.41, 5.74) is 2.60. The maximum atomic E-state index is 12.6. The van der Waals surface area contributed by atoms with Crippen molar-refractivity contribution >= 4 is 18.3 Å². The zero-order valence-electron chi connectivity index (χ0n) is 16.6. The first kappa shape index (κ1) is 20.8. The van der Waals surface area contributed by atoms with Crippen molar-refractivity contribution in [3.8, 4) is 0 Å². The molecule has 1 aromatic heterocycles. The maximum Gasteiger partial charge on any atom is 0.222 e. The average molecular weight is 404 g/mol. The van der Waals surface area contributed by atoms with E-state index in [4.69, 9.17) is 0 Å². The normalized spacial score (nSPS) is 17.1. The highest BCUT2D eigenvalue weighted by Crippen LogP contribution is 2.28. The van der Waals surface area contributed by atoms with Gasteiger partial charge in [-0.05, 0) is 36.8 Å². The van der Waals surface area contributed by atoms with Gasteiger partial charge < -0.3 is 14.8 Å². The summed E-state index contributed by atoms with van der Waals surface area (Å²) >= 11 is 0. The van der Waals surface area contributed by atoms with Crippen LogP contribution in [0, 0.1) is 0 Å². The fourth-order valence-electron chi connectivity index (χ4n) is 4.15. The molecule has 152 valence electrons. The smallest absolute Gasteiger partial charge is 0.222 e. The molecule has 1 N–H and O–H groups in total. The Hall–Kier alpha value is -1.92. The summed E-state index contributed by atoms with van der Waals surface area (Å²) in [4.78, 5) is 14.6. The molecule has 0 spiro atoms.